The van der Waals surface area contributed by atoms with Crippen molar-refractivity contribution < 1.29 is 13.6 Å². The maximum Gasteiger partial charge on any atom is 0.233 e. The van der Waals surface area contributed by atoms with E-state index in [0.29, 0.717) is 18.2 Å². The minimum Gasteiger partial charge on any atom is -0.467 e. The van der Waals surface area contributed by atoms with E-state index in [-0.39, 0.29) is 17.1 Å². The topological polar surface area (TPSA) is 77.3 Å². The molecule has 4 rings (SSSR count). The third-order valence-electron chi connectivity index (χ3n) is 5.34. The number of hydrogen-bond donors (Lipinski definition) is 0. The van der Waals surface area contributed by atoms with Crippen LogP contribution in [0, 0.1) is 0 Å². The Morgan fingerprint density at radius 3 is 2.27 bits per heavy atom. The molecule has 4 aromatic rings. The maximum absolute atomic E-state index is 12.7. The van der Waals surface area contributed by atoms with Gasteiger partial charge in [-0.05, 0) is 35.2 Å². The van der Waals surface area contributed by atoms with Crippen LogP contribution in [0.25, 0.3) is 11.4 Å². The number of aromatic nitrogens is 3. The summed E-state index contributed by atoms with van der Waals surface area (Å²) >= 11 is 1.37. The van der Waals surface area contributed by atoms with Crippen molar-refractivity contribution in [2.24, 2.45) is 0 Å². The molecule has 0 radical (unpaired) electrons. The molecule has 3 heterocycles. The molecule has 0 fully saturated rings. The summed E-state index contributed by atoms with van der Waals surface area (Å²) in [6.45, 7) is 7.48. The summed E-state index contributed by atoms with van der Waals surface area (Å²) in [5.41, 5.74) is 2.29. The lowest BCUT2D eigenvalue weighted by Crippen LogP contribution is -2.27. The molecule has 0 saturated heterocycles. The first kappa shape index (κ1) is 22.9. The molecule has 1 amide bonds. The van der Waals surface area contributed by atoms with Gasteiger partial charge < -0.3 is 13.7 Å². The Morgan fingerprint density at radius 1 is 1.00 bits per heavy atom. The van der Waals surface area contributed by atoms with Crippen molar-refractivity contribution in [3.05, 3.63) is 78.1 Å². The third kappa shape index (κ3) is 5.57. The van der Waals surface area contributed by atoms with Gasteiger partial charge in [0.1, 0.15) is 11.5 Å². The number of carbonyl (C=O) groups is 1. The van der Waals surface area contributed by atoms with Gasteiger partial charge in [-0.3, -0.25) is 9.36 Å². The first-order chi connectivity index (χ1) is 15.8. The highest BCUT2D eigenvalue weighted by Crippen LogP contribution is 2.28. The van der Waals surface area contributed by atoms with Crippen LogP contribution in [-0.2, 0) is 23.3 Å². The molecule has 1 aromatic carbocycles. The van der Waals surface area contributed by atoms with Gasteiger partial charge in [-0.25, -0.2) is 0 Å². The number of hydrogen-bond acceptors (Lipinski definition) is 6. The van der Waals surface area contributed by atoms with E-state index in [1.165, 1.54) is 17.3 Å². The Bertz CT molecular complexity index is 1170. The number of amides is 1. The van der Waals surface area contributed by atoms with Crippen LogP contribution in [0.2, 0.25) is 0 Å². The molecule has 0 unspecified atom stereocenters. The number of benzene rings is 1. The van der Waals surface area contributed by atoms with E-state index in [0.717, 1.165) is 22.9 Å². The van der Waals surface area contributed by atoms with Gasteiger partial charge in [-0.1, -0.05) is 56.8 Å². The minimum atomic E-state index is -0.0139. The zero-order valence-corrected chi connectivity index (χ0v) is 20.1. The lowest BCUT2D eigenvalue weighted by molar-refractivity contribution is -0.127. The quantitative estimate of drug-likeness (QED) is 0.332. The largest absolute Gasteiger partial charge is 0.467 e. The Balaban J connectivity index is 1.54. The summed E-state index contributed by atoms with van der Waals surface area (Å²) in [7, 11) is 1.77. The predicted octanol–water partition coefficient (Wildman–Crippen LogP) is 5.23. The highest BCUT2D eigenvalue weighted by molar-refractivity contribution is 7.99. The molecular formula is C25H28N4O3S. The standard InChI is InChI=1S/C25H28N4O3S/c1-25(2,3)19-11-9-18(10-12-19)23-26-27-24(29(23)16-21-8-6-14-32-21)33-17-22(30)28(4)15-20-7-5-13-31-20/h5-14H,15-17H2,1-4H3. The average Bonchev–Trinajstić information content (AvgIpc) is 3.55. The summed E-state index contributed by atoms with van der Waals surface area (Å²) in [4.78, 5) is 14.3. The lowest BCUT2D eigenvalue weighted by atomic mass is 9.87. The van der Waals surface area contributed by atoms with Gasteiger partial charge >= 0.3 is 0 Å². The third-order valence-corrected chi connectivity index (χ3v) is 6.30. The Kier molecular flexibility index (Phi) is 6.74. The first-order valence-corrected chi connectivity index (χ1v) is 11.8. The van der Waals surface area contributed by atoms with Crippen molar-refractivity contribution in [3.8, 4) is 11.4 Å². The van der Waals surface area contributed by atoms with Crippen LogP contribution in [0.3, 0.4) is 0 Å². The second-order valence-electron chi connectivity index (χ2n) is 8.92. The number of furan rings is 2. The zero-order chi connectivity index (χ0) is 23.4. The zero-order valence-electron chi connectivity index (χ0n) is 19.3. The molecule has 7 nitrogen and oxygen atoms in total. The second kappa shape index (κ2) is 9.70. The summed E-state index contributed by atoms with van der Waals surface area (Å²) in [6, 6.07) is 15.8. The smallest absolute Gasteiger partial charge is 0.233 e. The van der Waals surface area contributed by atoms with Crippen LogP contribution >= 0.6 is 11.8 Å². The molecule has 0 saturated carbocycles. The summed E-state index contributed by atoms with van der Waals surface area (Å²) in [6.07, 6.45) is 3.26. The van der Waals surface area contributed by atoms with E-state index in [1.807, 2.05) is 28.8 Å². The van der Waals surface area contributed by atoms with Crippen LogP contribution in [0.15, 0.2) is 75.0 Å². The summed E-state index contributed by atoms with van der Waals surface area (Å²) < 4.78 is 12.9. The van der Waals surface area contributed by atoms with Crippen molar-refractivity contribution in [2.45, 2.75) is 44.4 Å². The van der Waals surface area contributed by atoms with Crippen LogP contribution in [0.4, 0.5) is 0 Å². The van der Waals surface area contributed by atoms with E-state index in [4.69, 9.17) is 8.83 Å². The monoisotopic (exact) mass is 464 g/mol. The fourth-order valence-corrected chi connectivity index (χ4v) is 4.27. The average molecular weight is 465 g/mol. The fraction of sp³-hybridized carbons (Fsp3) is 0.320. The van der Waals surface area contributed by atoms with Crippen molar-refractivity contribution in [1.29, 1.82) is 0 Å². The van der Waals surface area contributed by atoms with E-state index in [1.54, 1.807) is 24.5 Å². The van der Waals surface area contributed by atoms with Crippen LogP contribution in [-0.4, -0.2) is 38.4 Å². The molecule has 172 valence electrons. The van der Waals surface area contributed by atoms with Gasteiger partial charge in [0.05, 0.1) is 31.4 Å². The SMILES string of the molecule is CN(Cc1ccco1)C(=O)CSc1nnc(-c2ccc(C(C)(C)C)cc2)n1Cc1ccco1. The van der Waals surface area contributed by atoms with Crippen LogP contribution in [0.5, 0.6) is 0 Å². The number of thioether (sulfide) groups is 1. The predicted molar refractivity (Wildman–Crippen MR) is 128 cm³/mol. The number of nitrogens with zero attached hydrogens (tertiary/aromatic N) is 4. The lowest BCUT2D eigenvalue weighted by Gasteiger charge is -2.19. The van der Waals surface area contributed by atoms with Crippen molar-refractivity contribution in [2.75, 3.05) is 12.8 Å². The first-order valence-electron chi connectivity index (χ1n) is 10.8. The minimum absolute atomic E-state index is 0.0139. The molecule has 0 aliphatic carbocycles. The fourth-order valence-electron chi connectivity index (χ4n) is 3.39. The van der Waals surface area contributed by atoms with Crippen molar-refractivity contribution in [1.82, 2.24) is 19.7 Å². The summed E-state index contributed by atoms with van der Waals surface area (Å²) in [5.74, 6) is 2.52. The Labute approximate surface area is 197 Å². The van der Waals surface area contributed by atoms with Crippen LogP contribution < -0.4 is 0 Å². The van der Waals surface area contributed by atoms with Crippen molar-refractivity contribution in [3.63, 3.8) is 0 Å². The molecular weight excluding hydrogens is 436 g/mol. The second-order valence-corrected chi connectivity index (χ2v) is 9.86. The maximum atomic E-state index is 12.7. The molecule has 33 heavy (non-hydrogen) atoms. The highest BCUT2D eigenvalue weighted by atomic mass is 32.2. The Hall–Kier alpha value is -3.26. The van der Waals surface area contributed by atoms with Crippen molar-refractivity contribution >= 4 is 17.7 Å². The highest BCUT2D eigenvalue weighted by Gasteiger charge is 2.20. The van der Waals surface area contributed by atoms with E-state index in [2.05, 4.69) is 55.2 Å². The number of carbonyl (C=O) groups excluding carboxylic acids is 1. The summed E-state index contributed by atoms with van der Waals surface area (Å²) in [5, 5.41) is 9.52. The van der Waals surface area contributed by atoms with E-state index < -0.39 is 0 Å². The molecule has 0 atom stereocenters. The van der Waals surface area contributed by atoms with Gasteiger partial charge in [0.25, 0.3) is 0 Å². The normalized spacial score (nSPS) is 11.6. The van der Waals surface area contributed by atoms with E-state index in [9.17, 15) is 4.79 Å². The van der Waals surface area contributed by atoms with Gasteiger partial charge in [0.15, 0.2) is 11.0 Å². The van der Waals surface area contributed by atoms with E-state index >= 15 is 0 Å². The molecule has 0 aliphatic rings. The Morgan fingerprint density at radius 2 is 1.67 bits per heavy atom. The molecule has 0 spiro atoms. The number of rotatable bonds is 8. The molecule has 0 bridgehead atoms. The van der Waals surface area contributed by atoms with Gasteiger partial charge in [0.2, 0.25) is 5.91 Å². The van der Waals surface area contributed by atoms with Gasteiger partial charge in [-0.15, -0.1) is 10.2 Å². The molecule has 0 N–H and O–H groups in total. The molecule has 3 aromatic heterocycles. The van der Waals surface area contributed by atoms with Gasteiger partial charge in [0, 0.05) is 12.6 Å². The molecule has 0 aliphatic heterocycles. The molecule has 8 heteroatoms. The van der Waals surface area contributed by atoms with Gasteiger partial charge in [-0.2, -0.15) is 0 Å². The van der Waals surface area contributed by atoms with Crippen LogP contribution in [0.1, 0.15) is 37.9 Å².